The predicted octanol–water partition coefficient (Wildman–Crippen LogP) is 4.59. The van der Waals surface area contributed by atoms with Crippen molar-refractivity contribution in [3.05, 3.63) is 35.9 Å². The summed E-state index contributed by atoms with van der Waals surface area (Å²) >= 11 is 0. The van der Waals surface area contributed by atoms with Crippen LogP contribution >= 0.6 is 0 Å². The van der Waals surface area contributed by atoms with Gasteiger partial charge in [-0.25, -0.2) is 0 Å². The third kappa shape index (κ3) is 2.20. The summed E-state index contributed by atoms with van der Waals surface area (Å²) in [5.74, 6) is 1.52. The third-order valence-corrected chi connectivity index (χ3v) is 6.27. The highest BCUT2D eigenvalue weighted by molar-refractivity contribution is 5.19. The molecule has 3 rings (SSSR count). The molecule has 1 aromatic rings. The van der Waals surface area contributed by atoms with E-state index in [-0.39, 0.29) is 0 Å². The minimum Gasteiger partial charge on any atom is -0.312 e. The summed E-state index contributed by atoms with van der Waals surface area (Å²) < 4.78 is 0. The van der Waals surface area contributed by atoms with E-state index in [9.17, 15) is 0 Å². The lowest BCUT2D eigenvalue weighted by atomic mass is 9.68. The Morgan fingerprint density at radius 3 is 2.50 bits per heavy atom. The van der Waals surface area contributed by atoms with Crippen molar-refractivity contribution in [1.82, 2.24) is 5.32 Å². The summed E-state index contributed by atoms with van der Waals surface area (Å²) in [7, 11) is 0. The zero-order valence-corrected chi connectivity index (χ0v) is 13.4. The molecular formula is C19H29N. The Morgan fingerprint density at radius 2 is 1.90 bits per heavy atom. The Kier molecular flexibility index (Phi) is 3.44. The van der Waals surface area contributed by atoms with Gasteiger partial charge in [0.15, 0.2) is 0 Å². The van der Waals surface area contributed by atoms with E-state index in [2.05, 4.69) is 63.3 Å². The van der Waals surface area contributed by atoms with Gasteiger partial charge < -0.3 is 5.32 Å². The van der Waals surface area contributed by atoms with Gasteiger partial charge in [-0.3, -0.25) is 0 Å². The zero-order chi connectivity index (χ0) is 14.4. The molecule has 4 atom stereocenters. The lowest BCUT2D eigenvalue weighted by Gasteiger charge is -2.43. The van der Waals surface area contributed by atoms with Crippen LogP contribution in [0.3, 0.4) is 0 Å². The molecule has 2 aliphatic carbocycles. The average molecular weight is 271 g/mol. The number of fused-ring (bicyclic) bond motifs is 2. The highest BCUT2D eigenvalue weighted by Crippen LogP contribution is 2.62. The molecule has 0 radical (unpaired) electrons. The Labute approximate surface area is 124 Å². The fourth-order valence-electron chi connectivity index (χ4n) is 5.01. The number of rotatable bonds is 4. The molecule has 1 aromatic carbocycles. The Balaban J connectivity index is 1.67. The van der Waals surface area contributed by atoms with Crippen molar-refractivity contribution in [3.8, 4) is 0 Å². The van der Waals surface area contributed by atoms with E-state index in [0.717, 1.165) is 12.5 Å². The van der Waals surface area contributed by atoms with E-state index in [0.29, 0.717) is 22.8 Å². The molecular weight excluding hydrogens is 242 g/mol. The first kappa shape index (κ1) is 14.1. The number of benzene rings is 1. The minimum absolute atomic E-state index is 0.462. The van der Waals surface area contributed by atoms with Crippen molar-refractivity contribution in [2.45, 2.75) is 58.9 Å². The first-order valence-corrected chi connectivity index (χ1v) is 8.22. The van der Waals surface area contributed by atoms with Gasteiger partial charge in [0.2, 0.25) is 0 Å². The lowest BCUT2D eigenvalue weighted by molar-refractivity contribution is 0.108. The zero-order valence-electron chi connectivity index (χ0n) is 13.4. The van der Waals surface area contributed by atoms with E-state index < -0.39 is 0 Å². The first-order chi connectivity index (χ1) is 9.43. The van der Waals surface area contributed by atoms with Crippen molar-refractivity contribution < 1.29 is 0 Å². The molecule has 0 amide bonds. The molecule has 2 aliphatic rings. The Bertz CT molecular complexity index is 459. The molecule has 0 aromatic heterocycles. The van der Waals surface area contributed by atoms with Crippen LogP contribution in [0.1, 0.15) is 58.4 Å². The van der Waals surface area contributed by atoms with Gasteiger partial charge in [-0.05, 0) is 47.5 Å². The maximum atomic E-state index is 3.94. The van der Waals surface area contributed by atoms with E-state index in [1.165, 1.54) is 24.8 Å². The fourth-order valence-corrected chi connectivity index (χ4v) is 5.01. The summed E-state index contributed by atoms with van der Waals surface area (Å²) in [6.07, 6.45) is 4.28. The van der Waals surface area contributed by atoms with E-state index in [1.54, 1.807) is 0 Å². The molecule has 0 spiro atoms. The minimum atomic E-state index is 0.462. The summed E-state index contributed by atoms with van der Waals surface area (Å²) in [5, 5.41) is 3.94. The van der Waals surface area contributed by atoms with Gasteiger partial charge in [-0.1, -0.05) is 58.0 Å². The second kappa shape index (κ2) is 4.87. The van der Waals surface area contributed by atoms with Crippen molar-refractivity contribution >= 4 is 0 Å². The molecule has 110 valence electrons. The number of nitrogens with one attached hydrogen (secondary N) is 1. The average Bonchev–Trinajstić information content (AvgIpc) is 2.90. The monoisotopic (exact) mass is 271 g/mol. The van der Waals surface area contributed by atoms with Crippen molar-refractivity contribution in [1.29, 1.82) is 0 Å². The quantitative estimate of drug-likeness (QED) is 0.844. The highest BCUT2D eigenvalue weighted by Gasteiger charge is 2.58. The van der Waals surface area contributed by atoms with Gasteiger partial charge in [0, 0.05) is 12.6 Å². The highest BCUT2D eigenvalue weighted by atomic mass is 15.0. The van der Waals surface area contributed by atoms with Gasteiger partial charge in [0.05, 0.1) is 0 Å². The standard InChI is InChI=1S/C19H29N/c1-14(15-8-6-5-7-9-15)13-20-17-18(2,3)16-10-11-19(17,4)12-16/h5-9,14,16-17,20H,10-13H2,1-4H3. The molecule has 1 N–H and O–H groups in total. The van der Waals surface area contributed by atoms with Crippen LogP contribution in [0, 0.1) is 16.7 Å². The van der Waals surface area contributed by atoms with Gasteiger partial charge >= 0.3 is 0 Å². The first-order valence-electron chi connectivity index (χ1n) is 8.22. The maximum Gasteiger partial charge on any atom is 0.0175 e. The van der Waals surface area contributed by atoms with Crippen molar-refractivity contribution in [3.63, 3.8) is 0 Å². The van der Waals surface area contributed by atoms with E-state index in [1.807, 2.05) is 0 Å². The third-order valence-electron chi connectivity index (χ3n) is 6.27. The van der Waals surface area contributed by atoms with Crippen LogP contribution in [0.25, 0.3) is 0 Å². The molecule has 0 heterocycles. The van der Waals surface area contributed by atoms with E-state index >= 15 is 0 Å². The molecule has 4 unspecified atom stereocenters. The predicted molar refractivity (Wildman–Crippen MR) is 85.9 cm³/mol. The molecule has 0 aliphatic heterocycles. The summed E-state index contributed by atoms with van der Waals surface area (Å²) in [6, 6.07) is 11.6. The van der Waals surface area contributed by atoms with Gasteiger partial charge in [-0.15, -0.1) is 0 Å². The number of hydrogen-bond donors (Lipinski definition) is 1. The Hall–Kier alpha value is -0.820. The SMILES string of the molecule is CC(CNC1C2(C)CCC(C2)C1(C)C)c1ccccc1. The normalized spacial score (nSPS) is 36.2. The Morgan fingerprint density at radius 1 is 1.20 bits per heavy atom. The lowest BCUT2D eigenvalue weighted by Crippen LogP contribution is -2.51. The molecule has 1 heteroatoms. The van der Waals surface area contributed by atoms with Gasteiger partial charge in [0.1, 0.15) is 0 Å². The van der Waals surface area contributed by atoms with Crippen LogP contribution < -0.4 is 5.32 Å². The summed E-state index contributed by atoms with van der Waals surface area (Å²) in [4.78, 5) is 0. The summed E-state index contributed by atoms with van der Waals surface area (Å²) in [6.45, 7) is 10.9. The number of hydrogen-bond acceptors (Lipinski definition) is 1. The second-order valence-electron chi connectivity index (χ2n) is 8.07. The molecule has 0 saturated heterocycles. The van der Waals surface area contributed by atoms with Crippen LogP contribution in [0.15, 0.2) is 30.3 Å². The van der Waals surface area contributed by atoms with E-state index in [4.69, 9.17) is 0 Å². The maximum absolute atomic E-state index is 3.94. The molecule has 1 nitrogen and oxygen atoms in total. The van der Waals surface area contributed by atoms with Crippen LogP contribution in [0.4, 0.5) is 0 Å². The van der Waals surface area contributed by atoms with Crippen LogP contribution in [0.5, 0.6) is 0 Å². The molecule has 2 bridgehead atoms. The largest absolute Gasteiger partial charge is 0.312 e. The van der Waals surface area contributed by atoms with Crippen molar-refractivity contribution in [2.24, 2.45) is 16.7 Å². The van der Waals surface area contributed by atoms with Crippen LogP contribution in [-0.4, -0.2) is 12.6 Å². The van der Waals surface area contributed by atoms with Gasteiger partial charge in [-0.2, -0.15) is 0 Å². The smallest absolute Gasteiger partial charge is 0.0175 e. The fraction of sp³-hybridized carbons (Fsp3) is 0.684. The van der Waals surface area contributed by atoms with Crippen LogP contribution in [-0.2, 0) is 0 Å². The molecule has 20 heavy (non-hydrogen) atoms. The summed E-state index contributed by atoms with van der Waals surface area (Å²) in [5.41, 5.74) is 2.44. The van der Waals surface area contributed by atoms with Crippen LogP contribution in [0.2, 0.25) is 0 Å². The topological polar surface area (TPSA) is 12.0 Å². The molecule has 2 fully saturated rings. The molecule has 2 saturated carbocycles. The van der Waals surface area contributed by atoms with Crippen molar-refractivity contribution in [2.75, 3.05) is 6.54 Å². The van der Waals surface area contributed by atoms with Gasteiger partial charge in [0.25, 0.3) is 0 Å². The second-order valence-corrected chi connectivity index (χ2v) is 8.07.